The molecule has 0 unspecified atom stereocenters. The van der Waals surface area contributed by atoms with Gasteiger partial charge in [0.25, 0.3) is 5.91 Å². The molecule has 23 heavy (non-hydrogen) atoms. The van der Waals surface area contributed by atoms with Crippen LogP contribution in [0.3, 0.4) is 0 Å². The maximum atomic E-state index is 12.7. The van der Waals surface area contributed by atoms with Crippen molar-refractivity contribution in [2.45, 2.75) is 24.2 Å². The van der Waals surface area contributed by atoms with Gasteiger partial charge in [0, 0.05) is 24.9 Å². The maximum absolute atomic E-state index is 12.7. The number of carboxylic acids is 1. The number of rotatable bonds is 3. The van der Waals surface area contributed by atoms with E-state index in [1.165, 1.54) is 18.2 Å². The van der Waals surface area contributed by atoms with Crippen molar-refractivity contribution < 1.29 is 23.1 Å². The molecule has 2 fully saturated rings. The summed E-state index contributed by atoms with van der Waals surface area (Å²) in [6.45, 7) is 0.628. The van der Waals surface area contributed by atoms with Crippen molar-refractivity contribution in [2.24, 2.45) is 11.3 Å². The third kappa shape index (κ3) is 2.63. The Morgan fingerprint density at radius 2 is 2.09 bits per heavy atom. The van der Waals surface area contributed by atoms with Crippen LogP contribution in [0, 0.1) is 11.3 Å². The van der Waals surface area contributed by atoms with Gasteiger partial charge in [0.2, 0.25) is 0 Å². The van der Waals surface area contributed by atoms with Gasteiger partial charge in [-0.2, -0.15) is 0 Å². The lowest BCUT2D eigenvalue weighted by Crippen LogP contribution is -2.37. The Bertz CT molecular complexity index is 772. The minimum atomic E-state index is -3.39. The van der Waals surface area contributed by atoms with Crippen molar-refractivity contribution in [2.75, 3.05) is 19.3 Å². The van der Waals surface area contributed by atoms with Crippen LogP contribution in [0.4, 0.5) is 0 Å². The van der Waals surface area contributed by atoms with Gasteiger partial charge in [-0.05, 0) is 37.0 Å². The number of carboxylic acid groups (broad SMARTS) is 1. The molecule has 3 rings (SSSR count). The molecule has 0 aromatic heterocycles. The third-order valence-corrected chi connectivity index (χ3v) is 6.20. The number of nitrogens with zero attached hydrogens (tertiary/aromatic N) is 1. The number of amides is 1. The van der Waals surface area contributed by atoms with Gasteiger partial charge >= 0.3 is 5.97 Å². The number of hydrogen-bond donors (Lipinski definition) is 1. The van der Waals surface area contributed by atoms with Gasteiger partial charge in [0.1, 0.15) is 0 Å². The standard InChI is InChI=1S/C16H19NO5S/c1-23(21,22)13-6-2-4-11(8-13)14(18)17-9-12-5-3-7-16(12,10-17)15(19)20/h2,4,6,8,12H,3,5,7,9-10H2,1H3,(H,19,20)/t12-,16+/m0/s1. The van der Waals surface area contributed by atoms with E-state index in [0.29, 0.717) is 13.0 Å². The molecule has 1 saturated heterocycles. The molecule has 124 valence electrons. The molecule has 6 nitrogen and oxygen atoms in total. The largest absolute Gasteiger partial charge is 0.481 e. The summed E-state index contributed by atoms with van der Waals surface area (Å²) in [6.07, 6.45) is 3.39. The van der Waals surface area contributed by atoms with Crippen LogP contribution >= 0.6 is 0 Å². The first-order valence-corrected chi connectivity index (χ1v) is 9.46. The fourth-order valence-electron chi connectivity index (χ4n) is 3.84. The Balaban J connectivity index is 1.87. The monoisotopic (exact) mass is 337 g/mol. The van der Waals surface area contributed by atoms with Gasteiger partial charge in [-0.1, -0.05) is 12.5 Å². The average Bonchev–Trinajstić information content (AvgIpc) is 3.03. The fourth-order valence-corrected chi connectivity index (χ4v) is 4.50. The summed E-state index contributed by atoms with van der Waals surface area (Å²) in [6, 6.07) is 5.91. The lowest BCUT2D eigenvalue weighted by molar-refractivity contribution is -0.149. The van der Waals surface area contributed by atoms with E-state index in [1.54, 1.807) is 11.0 Å². The van der Waals surface area contributed by atoms with Gasteiger partial charge in [0.05, 0.1) is 10.3 Å². The van der Waals surface area contributed by atoms with Crippen LogP contribution in [0.15, 0.2) is 29.2 Å². The van der Waals surface area contributed by atoms with Crippen molar-refractivity contribution in [1.29, 1.82) is 0 Å². The molecular formula is C16H19NO5S. The van der Waals surface area contributed by atoms with Crippen molar-refractivity contribution >= 4 is 21.7 Å². The van der Waals surface area contributed by atoms with E-state index in [0.717, 1.165) is 19.1 Å². The highest BCUT2D eigenvalue weighted by atomic mass is 32.2. The van der Waals surface area contributed by atoms with E-state index in [2.05, 4.69) is 0 Å². The third-order valence-electron chi connectivity index (χ3n) is 5.09. The van der Waals surface area contributed by atoms with Gasteiger partial charge in [-0.25, -0.2) is 8.42 Å². The summed E-state index contributed by atoms with van der Waals surface area (Å²) in [5.74, 6) is -1.15. The number of hydrogen-bond acceptors (Lipinski definition) is 4. The van der Waals surface area contributed by atoms with Crippen molar-refractivity contribution in [3.05, 3.63) is 29.8 Å². The first kappa shape index (κ1) is 16.0. The molecule has 1 aromatic carbocycles. The van der Waals surface area contributed by atoms with E-state index < -0.39 is 21.2 Å². The molecule has 0 bridgehead atoms. The van der Waals surface area contributed by atoms with Gasteiger partial charge < -0.3 is 10.0 Å². The van der Waals surface area contributed by atoms with E-state index in [-0.39, 0.29) is 28.8 Å². The lowest BCUT2D eigenvalue weighted by atomic mass is 9.81. The van der Waals surface area contributed by atoms with E-state index in [9.17, 15) is 23.1 Å². The first-order valence-electron chi connectivity index (χ1n) is 7.57. The second kappa shape index (κ2) is 5.33. The average molecular weight is 337 g/mol. The molecule has 2 aliphatic rings. The predicted octanol–water partition coefficient (Wildman–Crippen LogP) is 1.42. The van der Waals surface area contributed by atoms with Crippen LogP contribution in [0.5, 0.6) is 0 Å². The lowest BCUT2D eigenvalue weighted by Gasteiger charge is -2.23. The second-order valence-corrected chi connectivity index (χ2v) is 8.55. The number of sulfone groups is 1. The number of fused-ring (bicyclic) bond motifs is 1. The summed E-state index contributed by atoms with van der Waals surface area (Å²) in [5.41, 5.74) is -0.544. The summed E-state index contributed by atoms with van der Waals surface area (Å²) >= 11 is 0. The molecular weight excluding hydrogens is 318 g/mol. The molecule has 1 N–H and O–H groups in total. The zero-order valence-corrected chi connectivity index (χ0v) is 13.7. The summed E-state index contributed by atoms with van der Waals surface area (Å²) in [4.78, 5) is 26.0. The maximum Gasteiger partial charge on any atom is 0.311 e. The summed E-state index contributed by atoms with van der Waals surface area (Å²) in [7, 11) is -3.39. The van der Waals surface area contributed by atoms with Crippen molar-refractivity contribution in [3.63, 3.8) is 0 Å². The van der Waals surface area contributed by atoms with Crippen LogP contribution in [-0.4, -0.2) is 49.6 Å². The van der Waals surface area contributed by atoms with Crippen LogP contribution in [-0.2, 0) is 14.6 Å². The SMILES string of the molecule is CS(=O)(=O)c1cccc(C(=O)N2C[C@@H]3CCC[C@@]3(C(=O)O)C2)c1. The molecule has 1 saturated carbocycles. The molecule has 1 heterocycles. The van der Waals surface area contributed by atoms with Crippen LogP contribution in [0.1, 0.15) is 29.6 Å². The normalized spacial score (nSPS) is 27.0. The topological polar surface area (TPSA) is 91.8 Å². The highest BCUT2D eigenvalue weighted by Crippen LogP contribution is 2.49. The van der Waals surface area contributed by atoms with Gasteiger partial charge in [-0.15, -0.1) is 0 Å². The van der Waals surface area contributed by atoms with Gasteiger partial charge in [-0.3, -0.25) is 9.59 Å². The zero-order valence-electron chi connectivity index (χ0n) is 12.9. The summed E-state index contributed by atoms with van der Waals surface area (Å²) in [5, 5.41) is 9.58. The fraction of sp³-hybridized carbons (Fsp3) is 0.500. The Morgan fingerprint density at radius 1 is 1.35 bits per heavy atom. The van der Waals surface area contributed by atoms with Crippen molar-refractivity contribution in [3.8, 4) is 0 Å². The molecule has 1 aromatic rings. The summed E-state index contributed by atoms with van der Waals surface area (Å²) < 4.78 is 23.3. The van der Waals surface area contributed by atoms with Gasteiger partial charge in [0.15, 0.2) is 9.84 Å². The number of carbonyl (C=O) groups excluding carboxylic acids is 1. The molecule has 0 spiro atoms. The molecule has 1 amide bonds. The number of benzene rings is 1. The second-order valence-electron chi connectivity index (χ2n) is 6.54. The van der Waals surface area contributed by atoms with E-state index in [1.807, 2.05) is 0 Å². The Morgan fingerprint density at radius 3 is 2.70 bits per heavy atom. The van der Waals surface area contributed by atoms with E-state index >= 15 is 0 Å². The number of likely N-dealkylation sites (tertiary alicyclic amines) is 1. The smallest absolute Gasteiger partial charge is 0.311 e. The first-order chi connectivity index (χ1) is 10.7. The highest BCUT2D eigenvalue weighted by Gasteiger charge is 2.55. The molecule has 7 heteroatoms. The Labute approximate surface area is 135 Å². The number of aliphatic carboxylic acids is 1. The highest BCUT2D eigenvalue weighted by molar-refractivity contribution is 7.90. The minimum Gasteiger partial charge on any atom is -0.481 e. The van der Waals surface area contributed by atoms with Crippen molar-refractivity contribution in [1.82, 2.24) is 4.90 Å². The van der Waals surface area contributed by atoms with Crippen LogP contribution < -0.4 is 0 Å². The van der Waals surface area contributed by atoms with Crippen LogP contribution in [0.25, 0.3) is 0 Å². The minimum absolute atomic E-state index is 0.0120. The Hall–Kier alpha value is -1.89. The predicted molar refractivity (Wildman–Crippen MR) is 82.9 cm³/mol. The molecule has 1 aliphatic heterocycles. The van der Waals surface area contributed by atoms with Crippen LogP contribution in [0.2, 0.25) is 0 Å². The molecule has 0 radical (unpaired) electrons. The zero-order chi connectivity index (χ0) is 16.8. The molecule has 2 atom stereocenters. The Kier molecular flexibility index (Phi) is 3.71. The number of carbonyl (C=O) groups is 2. The molecule has 1 aliphatic carbocycles. The quantitative estimate of drug-likeness (QED) is 0.900. The van der Waals surface area contributed by atoms with E-state index in [4.69, 9.17) is 0 Å².